The smallest absolute Gasteiger partial charge is 0.410 e. The van der Waals surface area contributed by atoms with Crippen LogP contribution in [0.1, 0.15) is 40.0 Å². The Morgan fingerprint density at radius 2 is 2.06 bits per heavy atom. The molecule has 1 aliphatic heterocycles. The van der Waals surface area contributed by atoms with Crippen molar-refractivity contribution < 1.29 is 19.4 Å². The molecule has 1 heterocycles. The largest absolute Gasteiger partial charge is 0.481 e. The molecule has 0 spiro atoms. The topological polar surface area (TPSA) is 66.8 Å². The highest BCUT2D eigenvalue weighted by Crippen LogP contribution is 2.47. The summed E-state index contributed by atoms with van der Waals surface area (Å²) in [6.45, 7) is 6.26. The first-order valence-electron chi connectivity index (χ1n) is 6.49. The first kappa shape index (κ1) is 13.2. The van der Waals surface area contributed by atoms with E-state index in [1.165, 1.54) is 0 Å². The third-order valence-corrected chi connectivity index (χ3v) is 3.81. The van der Waals surface area contributed by atoms with E-state index in [-0.39, 0.29) is 24.5 Å². The Morgan fingerprint density at radius 3 is 2.61 bits per heavy atom. The third kappa shape index (κ3) is 2.60. The van der Waals surface area contributed by atoms with Crippen molar-refractivity contribution in [2.24, 2.45) is 11.8 Å². The van der Waals surface area contributed by atoms with Crippen LogP contribution in [0.2, 0.25) is 0 Å². The summed E-state index contributed by atoms with van der Waals surface area (Å²) in [4.78, 5) is 24.4. The minimum atomic E-state index is -0.742. The Labute approximate surface area is 107 Å². The molecular formula is C13H21NO4. The lowest BCUT2D eigenvalue weighted by atomic mass is 9.68. The highest BCUT2D eigenvalue weighted by atomic mass is 16.6. The summed E-state index contributed by atoms with van der Waals surface area (Å²) in [5.41, 5.74) is -0.473. The van der Waals surface area contributed by atoms with E-state index in [9.17, 15) is 9.59 Å². The molecule has 5 nitrogen and oxygen atoms in total. The zero-order chi connectivity index (χ0) is 13.5. The molecule has 3 atom stereocenters. The molecule has 5 heteroatoms. The molecule has 1 amide bonds. The summed E-state index contributed by atoms with van der Waals surface area (Å²) in [6, 6.07) is 0.198. The molecule has 3 unspecified atom stereocenters. The number of amides is 1. The summed E-state index contributed by atoms with van der Waals surface area (Å²) in [7, 11) is 0. The van der Waals surface area contributed by atoms with Crippen molar-refractivity contribution in [3.63, 3.8) is 0 Å². The van der Waals surface area contributed by atoms with Gasteiger partial charge in [-0.25, -0.2) is 4.79 Å². The van der Waals surface area contributed by atoms with Crippen LogP contribution in [0.3, 0.4) is 0 Å². The molecule has 0 radical (unpaired) electrons. The lowest BCUT2D eigenvalue weighted by Crippen LogP contribution is -2.49. The van der Waals surface area contributed by atoms with Crippen molar-refractivity contribution in [2.75, 3.05) is 6.54 Å². The molecule has 2 fully saturated rings. The molecule has 1 saturated heterocycles. The van der Waals surface area contributed by atoms with Crippen LogP contribution in [0.25, 0.3) is 0 Å². The van der Waals surface area contributed by atoms with Crippen molar-refractivity contribution in [2.45, 2.75) is 51.7 Å². The second kappa shape index (κ2) is 4.44. The van der Waals surface area contributed by atoms with Crippen molar-refractivity contribution in [3.05, 3.63) is 0 Å². The first-order chi connectivity index (χ1) is 8.28. The molecule has 102 valence electrons. The van der Waals surface area contributed by atoms with Crippen LogP contribution in [0.4, 0.5) is 4.79 Å². The van der Waals surface area contributed by atoms with Crippen LogP contribution in [0.15, 0.2) is 0 Å². The number of nitrogens with zero attached hydrogens (tertiary/aromatic N) is 1. The van der Waals surface area contributed by atoms with E-state index in [1.807, 2.05) is 20.8 Å². The quantitative estimate of drug-likeness (QED) is 0.820. The zero-order valence-electron chi connectivity index (χ0n) is 11.2. The predicted molar refractivity (Wildman–Crippen MR) is 65.2 cm³/mol. The van der Waals surface area contributed by atoms with Crippen LogP contribution in [-0.2, 0) is 9.53 Å². The summed E-state index contributed by atoms with van der Waals surface area (Å²) in [5.74, 6) is -0.150. The number of rotatable bonds is 2. The lowest BCUT2D eigenvalue weighted by molar-refractivity contribution is -0.140. The highest BCUT2D eigenvalue weighted by Gasteiger charge is 2.51. The molecule has 1 N–H and O–H groups in total. The van der Waals surface area contributed by atoms with Crippen LogP contribution in [0, 0.1) is 11.8 Å². The summed E-state index contributed by atoms with van der Waals surface area (Å²) in [5, 5.41) is 8.79. The predicted octanol–water partition coefficient (Wildman–Crippen LogP) is 2.11. The van der Waals surface area contributed by atoms with Crippen LogP contribution in [0.5, 0.6) is 0 Å². The summed E-state index contributed by atoms with van der Waals surface area (Å²) in [6.07, 6.45) is 1.67. The van der Waals surface area contributed by atoms with Gasteiger partial charge in [-0.3, -0.25) is 4.79 Å². The van der Waals surface area contributed by atoms with E-state index in [2.05, 4.69) is 0 Å². The second-order valence-electron chi connectivity index (χ2n) is 6.29. The summed E-state index contributed by atoms with van der Waals surface area (Å²) >= 11 is 0. The van der Waals surface area contributed by atoms with Gasteiger partial charge in [0.25, 0.3) is 0 Å². The fraction of sp³-hybridized carbons (Fsp3) is 0.846. The third-order valence-electron chi connectivity index (χ3n) is 3.81. The molecule has 0 bridgehead atoms. The molecule has 18 heavy (non-hydrogen) atoms. The number of fused-ring (bicyclic) bond motifs is 1. The highest BCUT2D eigenvalue weighted by molar-refractivity contribution is 5.70. The van der Waals surface area contributed by atoms with Gasteiger partial charge in [0, 0.05) is 19.0 Å². The molecule has 0 aromatic carbocycles. The number of carbonyl (C=O) groups is 2. The van der Waals surface area contributed by atoms with Gasteiger partial charge >= 0.3 is 12.1 Å². The maximum Gasteiger partial charge on any atom is 0.410 e. The van der Waals surface area contributed by atoms with Crippen molar-refractivity contribution in [3.8, 4) is 0 Å². The average molecular weight is 255 g/mol. The van der Waals surface area contributed by atoms with Gasteiger partial charge in [0.15, 0.2) is 0 Å². The number of likely N-dealkylation sites (tertiary alicyclic amines) is 1. The van der Waals surface area contributed by atoms with Gasteiger partial charge in [-0.05, 0) is 45.4 Å². The Balaban J connectivity index is 1.89. The SMILES string of the molecule is CC(C)(C)OC(=O)N1CCC2C(CC(=O)O)CC21. The fourth-order valence-electron chi connectivity index (χ4n) is 3.02. The number of carboxylic acids is 1. The summed E-state index contributed by atoms with van der Waals surface area (Å²) < 4.78 is 5.36. The second-order valence-corrected chi connectivity index (χ2v) is 6.29. The van der Waals surface area contributed by atoms with Crippen molar-refractivity contribution in [1.29, 1.82) is 0 Å². The van der Waals surface area contributed by atoms with Gasteiger partial charge in [0.05, 0.1) is 0 Å². The average Bonchev–Trinajstić information content (AvgIpc) is 2.49. The van der Waals surface area contributed by atoms with E-state index in [4.69, 9.17) is 9.84 Å². The Hall–Kier alpha value is -1.26. The molecule has 2 rings (SSSR count). The van der Waals surface area contributed by atoms with Gasteiger partial charge in [-0.2, -0.15) is 0 Å². The van der Waals surface area contributed by atoms with Crippen LogP contribution >= 0.6 is 0 Å². The monoisotopic (exact) mass is 255 g/mol. The standard InChI is InChI=1S/C13H21NO4/c1-13(2,3)18-12(17)14-5-4-9-8(6-10(9)14)7-11(15)16/h8-10H,4-7H2,1-3H3,(H,15,16). The van der Waals surface area contributed by atoms with E-state index < -0.39 is 11.6 Å². The van der Waals surface area contributed by atoms with Crippen LogP contribution in [-0.4, -0.2) is 40.3 Å². The van der Waals surface area contributed by atoms with Crippen molar-refractivity contribution in [1.82, 2.24) is 4.90 Å². The van der Waals surface area contributed by atoms with Gasteiger partial charge in [0.2, 0.25) is 0 Å². The number of hydrogen-bond donors (Lipinski definition) is 1. The molecular weight excluding hydrogens is 234 g/mol. The number of hydrogen-bond acceptors (Lipinski definition) is 3. The van der Waals surface area contributed by atoms with E-state index in [0.29, 0.717) is 12.5 Å². The van der Waals surface area contributed by atoms with Gasteiger partial charge in [-0.15, -0.1) is 0 Å². The normalized spacial score (nSPS) is 30.6. The van der Waals surface area contributed by atoms with Gasteiger partial charge in [-0.1, -0.05) is 0 Å². The van der Waals surface area contributed by atoms with E-state index >= 15 is 0 Å². The molecule has 0 aromatic rings. The maximum absolute atomic E-state index is 12.0. The number of aliphatic carboxylic acids is 1. The molecule has 1 aliphatic carbocycles. The Kier molecular flexibility index (Phi) is 3.25. The molecule has 2 aliphatic rings. The zero-order valence-corrected chi connectivity index (χ0v) is 11.2. The first-order valence-corrected chi connectivity index (χ1v) is 6.49. The van der Waals surface area contributed by atoms with Crippen LogP contribution < -0.4 is 0 Å². The van der Waals surface area contributed by atoms with E-state index in [1.54, 1.807) is 4.90 Å². The minimum absolute atomic E-state index is 0.198. The van der Waals surface area contributed by atoms with Gasteiger partial charge in [0.1, 0.15) is 5.60 Å². The lowest BCUT2D eigenvalue weighted by Gasteiger charge is -2.43. The minimum Gasteiger partial charge on any atom is -0.481 e. The maximum atomic E-state index is 12.0. The number of ether oxygens (including phenoxy) is 1. The number of carboxylic acid groups (broad SMARTS) is 1. The fourth-order valence-corrected chi connectivity index (χ4v) is 3.02. The Morgan fingerprint density at radius 1 is 1.39 bits per heavy atom. The van der Waals surface area contributed by atoms with Gasteiger partial charge < -0.3 is 14.7 Å². The molecule has 1 saturated carbocycles. The van der Waals surface area contributed by atoms with Crippen molar-refractivity contribution >= 4 is 12.1 Å². The van der Waals surface area contributed by atoms with E-state index in [0.717, 1.165) is 12.8 Å². The molecule has 0 aromatic heterocycles. The number of carbonyl (C=O) groups excluding carboxylic acids is 1. The Bertz CT molecular complexity index is 360.